The zero-order valence-corrected chi connectivity index (χ0v) is 14.2. The molecule has 0 saturated heterocycles. The van der Waals surface area contributed by atoms with Crippen LogP contribution in [0.15, 0.2) is 0 Å². The standard InChI is InChI=1S/C8H15NO3.C7H13NO3/c1-3-7(10)6(9-2)4-5-8(11)12;1-5(9)3-4-6(8-2)7(10)11/h6,9H,3-5H2,1-2H3,(H,11,12);6,8H,3-4H2,1-2H3,(H,10,11). The summed E-state index contributed by atoms with van der Waals surface area (Å²) >= 11 is 0. The van der Waals surface area contributed by atoms with Crippen molar-refractivity contribution >= 4 is 23.5 Å². The molecule has 0 saturated carbocycles. The molecular weight excluding hydrogens is 304 g/mol. The zero-order valence-electron chi connectivity index (χ0n) is 14.2. The van der Waals surface area contributed by atoms with Gasteiger partial charge < -0.3 is 25.6 Å². The Balaban J connectivity index is 0. The van der Waals surface area contributed by atoms with Crippen LogP contribution in [0.2, 0.25) is 0 Å². The van der Waals surface area contributed by atoms with E-state index in [1.165, 1.54) is 6.92 Å². The number of ketones is 2. The number of Topliss-reactive ketones (excluding diaryl/α,β-unsaturated/α-hetero) is 2. The number of carbonyl (C=O) groups excluding carboxylic acids is 2. The molecule has 0 rings (SSSR count). The van der Waals surface area contributed by atoms with Gasteiger partial charge in [0.15, 0.2) is 0 Å². The molecule has 134 valence electrons. The van der Waals surface area contributed by atoms with E-state index in [0.717, 1.165) is 0 Å². The van der Waals surface area contributed by atoms with Gasteiger partial charge in [-0.3, -0.25) is 14.4 Å². The topological polar surface area (TPSA) is 133 Å². The molecule has 0 aromatic heterocycles. The Kier molecular flexibility index (Phi) is 14.1. The lowest BCUT2D eigenvalue weighted by molar-refractivity contribution is -0.140. The number of carboxylic acid groups (broad SMARTS) is 2. The van der Waals surface area contributed by atoms with Gasteiger partial charge in [-0.1, -0.05) is 6.92 Å². The lowest BCUT2D eigenvalue weighted by Gasteiger charge is -2.11. The van der Waals surface area contributed by atoms with E-state index >= 15 is 0 Å². The molecule has 0 spiro atoms. The summed E-state index contributed by atoms with van der Waals surface area (Å²) in [6, 6.07) is -0.898. The van der Waals surface area contributed by atoms with E-state index in [4.69, 9.17) is 10.2 Å². The largest absolute Gasteiger partial charge is 0.481 e. The van der Waals surface area contributed by atoms with Gasteiger partial charge in [0.1, 0.15) is 17.6 Å². The fraction of sp³-hybridized carbons (Fsp3) is 0.733. The molecule has 4 N–H and O–H groups in total. The Morgan fingerprint density at radius 2 is 1.39 bits per heavy atom. The fourth-order valence-corrected chi connectivity index (χ4v) is 1.72. The molecule has 8 heteroatoms. The molecule has 0 aliphatic carbocycles. The molecule has 0 aromatic rings. The number of hydrogen-bond donors (Lipinski definition) is 4. The third-order valence-corrected chi connectivity index (χ3v) is 3.16. The molecule has 0 heterocycles. The van der Waals surface area contributed by atoms with Crippen LogP contribution < -0.4 is 10.6 Å². The van der Waals surface area contributed by atoms with E-state index in [1.807, 2.05) is 0 Å². The second-order valence-corrected chi connectivity index (χ2v) is 5.01. The lowest BCUT2D eigenvalue weighted by atomic mass is 10.1. The van der Waals surface area contributed by atoms with Crippen LogP contribution in [-0.4, -0.2) is 59.9 Å². The van der Waals surface area contributed by atoms with Crippen molar-refractivity contribution in [1.29, 1.82) is 0 Å². The molecule has 0 amide bonds. The van der Waals surface area contributed by atoms with Crippen molar-refractivity contribution in [2.75, 3.05) is 14.1 Å². The Morgan fingerprint density at radius 1 is 0.913 bits per heavy atom. The summed E-state index contributed by atoms with van der Waals surface area (Å²) in [6.07, 6.45) is 1.54. The summed E-state index contributed by atoms with van der Waals surface area (Å²) < 4.78 is 0. The van der Waals surface area contributed by atoms with Gasteiger partial charge in [-0.2, -0.15) is 0 Å². The van der Waals surface area contributed by atoms with E-state index in [2.05, 4.69) is 10.6 Å². The minimum absolute atomic E-state index is 0.0199. The van der Waals surface area contributed by atoms with Crippen molar-refractivity contribution in [3.8, 4) is 0 Å². The predicted molar refractivity (Wildman–Crippen MR) is 85.4 cm³/mol. The number of nitrogens with one attached hydrogen (secondary N) is 2. The van der Waals surface area contributed by atoms with Crippen LogP contribution in [0.4, 0.5) is 0 Å². The smallest absolute Gasteiger partial charge is 0.320 e. The maximum absolute atomic E-state index is 11.1. The number of aliphatic carboxylic acids is 2. The average molecular weight is 332 g/mol. The first-order valence-corrected chi connectivity index (χ1v) is 7.50. The van der Waals surface area contributed by atoms with Crippen LogP contribution in [-0.2, 0) is 19.2 Å². The third kappa shape index (κ3) is 13.6. The van der Waals surface area contributed by atoms with Crippen LogP contribution in [0.25, 0.3) is 0 Å². The Bertz CT molecular complexity index is 397. The zero-order chi connectivity index (χ0) is 18.4. The molecule has 0 bridgehead atoms. The molecule has 2 atom stereocenters. The molecule has 0 aliphatic heterocycles. The second-order valence-electron chi connectivity index (χ2n) is 5.01. The van der Waals surface area contributed by atoms with Crippen LogP contribution in [0.5, 0.6) is 0 Å². The van der Waals surface area contributed by atoms with Crippen molar-refractivity contribution in [3.05, 3.63) is 0 Å². The highest BCUT2D eigenvalue weighted by Gasteiger charge is 2.15. The molecule has 2 unspecified atom stereocenters. The fourth-order valence-electron chi connectivity index (χ4n) is 1.72. The maximum atomic E-state index is 11.1. The summed E-state index contributed by atoms with van der Waals surface area (Å²) in [5, 5.41) is 22.3. The van der Waals surface area contributed by atoms with E-state index in [0.29, 0.717) is 25.7 Å². The Labute approximate surface area is 136 Å². The van der Waals surface area contributed by atoms with Gasteiger partial charge in [-0.05, 0) is 33.9 Å². The van der Waals surface area contributed by atoms with Crippen LogP contribution in [0.1, 0.15) is 46.0 Å². The van der Waals surface area contributed by atoms with E-state index in [-0.39, 0.29) is 24.0 Å². The predicted octanol–water partition coefficient (Wildman–Crippen LogP) is 0.447. The maximum Gasteiger partial charge on any atom is 0.320 e. The molecule has 8 nitrogen and oxygen atoms in total. The quantitative estimate of drug-likeness (QED) is 0.428. The summed E-state index contributed by atoms with van der Waals surface area (Å²) in [5.41, 5.74) is 0. The molecule has 0 radical (unpaired) electrons. The molecule has 0 aliphatic rings. The Morgan fingerprint density at radius 3 is 1.70 bits per heavy atom. The van der Waals surface area contributed by atoms with Crippen molar-refractivity contribution < 1.29 is 29.4 Å². The monoisotopic (exact) mass is 332 g/mol. The summed E-state index contributed by atoms with van der Waals surface area (Å²) in [7, 11) is 3.24. The first-order valence-electron chi connectivity index (χ1n) is 7.50. The van der Waals surface area contributed by atoms with Crippen molar-refractivity contribution in [2.24, 2.45) is 0 Å². The minimum atomic E-state index is -0.909. The number of likely N-dealkylation sites (N-methyl/N-ethyl adjacent to an activating group) is 2. The highest BCUT2D eigenvalue weighted by molar-refractivity contribution is 5.84. The molecule has 0 fully saturated rings. The summed E-state index contributed by atoms with van der Waals surface area (Å²) in [6.45, 7) is 3.22. The van der Waals surface area contributed by atoms with Gasteiger partial charge in [0.05, 0.1) is 6.04 Å². The van der Waals surface area contributed by atoms with Crippen molar-refractivity contribution in [1.82, 2.24) is 10.6 Å². The Hall–Kier alpha value is -1.80. The van der Waals surface area contributed by atoms with Gasteiger partial charge in [-0.15, -0.1) is 0 Å². The van der Waals surface area contributed by atoms with Crippen molar-refractivity contribution in [2.45, 2.75) is 58.0 Å². The molecule has 23 heavy (non-hydrogen) atoms. The number of carbonyl (C=O) groups is 4. The average Bonchev–Trinajstić information content (AvgIpc) is 2.47. The number of carboxylic acids is 2. The van der Waals surface area contributed by atoms with Crippen LogP contribution >= 0.6 is 0 Å². The second kappa shape index (κ2) is 13.8. The normalized spacial score (nSPS) is 12.5. The molecular formula is C15H28N2O6. The lowest BCUT2D eigenvalue weighted by Crippen LogP contribution is -2.34. The van der Waals surface area contributed by atoms with E-state index < -0.39 is 18.0 Å². The summed E-state index contributed by atoms with van der Waals surface area (Å²) in [4.78, 5) is 42.1. The van der Waals surface area contributed by atoms with Crippen LogP contribution in [0, 0.1) is 0 Å². The highest BCUT2D eigenvalue weighted by Crippen LogP contribution is 2.00. The number of rotatable bonds is 11. The van der Waals surface area contributed by atoms with Crippen LogP contribution in [0.3, 0.4) is 0 Å². The first kappa shape index (κ1) is 23.5. The third-order valence-electron chi connectivity index (χ3n) is 3.16. The van der Waals surface area contributed by atoms with Gasteiger partial charge in [0.2, 0.25) is 0 Å². The molecule has 0 aromatic carbocycles. The van der Waals surface area contributed by atoms with Gasteiger partial charge in [0, 0.05) is 19.3 Å². The summed E-state index contributed by atoms with van der Waals surface area (Å²) in [5.74, 6) is -1.68. The first-order chi connectivity index (χ1) is 10.7. The van der Waals surface area contributed by atoms with Crippen molar-refractivity contribution in [3.63, 3.8) is 0 Å². The number of hydrogen-bond acceptors (Lipinski definition) is 6. The van der Waals surface area contributed by atoms with Gasteiger partial charge in [-0.25, -0.2) is 0 Å². The highest BCUT2D eigenvalue weighted by atomic mass is 16.4. The van der Waals surface area contributed by atoms with E-state index in [9.17, 15) is 19.2 Å². The SMILES string of the molecule is CCC(=O)C(CCC(=O)O)NC.CNC(CCC(C)=O)C(=O)O. The van der Waals surface area contributed by atoms with E-state index in [1.54, 1.807) is 21.0 Å². The van der Waals surface area contributed by atoms with Gasteiger partial charge >= 0.3 is 11.9 Å². The minimum Gasteiger partial charge on any atom is -0.481 e. The van der Waals surface area contributed by atoms with Gasteiger partial charge in [0.25, 0.3) is 0 Å².